The summed E-state index contributed by atoms with van der Waals surface area (Å²) >= 11 is 0. The van der Waals surface area contributed by atoms with Crippen LogP contribution in [0.5, 0.6) is 0 Å². The molecule has 0 saturated heterocycles. The van der Waals surface area contributed by atoms with Crippen LogP contribution < -0.4 is 10.6 Å². The summed E-state index contributed by atoms with van der Waals surface area (Å²) in [7, 11) is 0. The molecule has 2 aromatic rings. The lowest BCUT2D eigenvalue weighted by atomic mass is 10.1. The average molecular weight is 377 g/mol. The van der Waals surface area contributed by atoms with Crippen LogP contribution in [-0.2, 0) is 19.3 Å². The number of nitrogens with one attached hydrogen (secondary N) is 2. The summed E-state index contributed by atoms with van der Waals surface area (Å²) in [5, 5.41) is 11.0. The molecule has 0 aliphatic heterocycles. The molecule has 1 aromatic heterocycles. The zero-order valence-corrected chi connectivity index (χ0v) is 16.7. The third kappa shape index (κ3) is 4.27. The van der Waals surface area contributed by atoms with Crippen LogP contribution >= 0.6 is 12.4 Å². The largest absolute Gasteiger partial charge is 0.349 e. The van der Waals surface area contributed by atoms with Crippen LogP contribution in [0.1, 0.15) is 54.5 Å². The van der Waals surface area contributed by atoms with Crippen LogP contribution in [0.25, 0.3) is 5.69 Å². The van der Waals surface area contributed by atoms with Gasteiger partial charge in [-0.15, -0.1) is 12.4 Å². The van der Waals surface area contributed by atoms with Crippen LogP contribution in [0.15, 0.2) is 24.3 Å². The highest BCUT2D eigenvalue weighted by Crippen LogP contribution is 2.28. The molecule has 2 N–H and O–H groups in total. The maximum atomic E-state index is 12.6. The lowest BCUT2D eigenvalue weighted by Gasteiger charge is -2.12. The SMILES string of the molecule is CCN[C@H](C)CNC(=O)c1nn(-c2ccc(CC)cc2)c2c1CCC2.Cl. The van der Waals surface area contributed by atoms with Crippen molar-refractivity contribution in [2.75, 3.05) is 13.1 Å². The van der Waals surface area contributed by atoms with Gasteiger partial charge in [-0.05, 0) is 56.8 Å². The summed E-state index contributed by atoms with van der Waals surface area (Å²) in [4.78, 5) is 12.6. The molecule has 0 spiro atoms. The molecule has 1 aromatic carbocycles. The van der Waals surface area contributed by atoms with Crippen LogP contribution in [0.2, 0.25) is 0 Å². The molecule has 1 aliphatic carbocycles. The third-order valence-corrected chi connectivity index (χ3v) is 4.86. The second-order valence-corrected chi connectivity index (χ2v) is 6.73. The summed E-state index contributed by atoms with van der Waals surface area (Å²) < 4.78 is 1.96. The fourth-order valence-electron chi connectivity index (χ4n) is 3.46. The second kappa shape index (κ2) is 9.19. The average Bonchev–Trinajstić information content (AvgIpc) is 3.22. The summed E-state index contributed by atoms with van der Waals surface area (Å²) in [5.74, 6) is -0.0631. The Morgan fingerprint density at radius 3 is 2.62 bits per heavy atom. The minimum absolute atomic E-state index is 0. The Hall–Kier alpha value is -1.85. The van der Waals surface area contributed by atoms with Gasteiger partial charge in [-0.25, -0.2) is 4.68 Å². The van der Waals surface area contributed by atoms with Crippen LogP contribution in [0, 0.1) is 0 Å². The molecule has 0 unspecified atom stereocenters. The zero-order valence-electron chi connectivity index (χ0n) is 15.8. The number of carbonyl (C=O) groups excluding carboxylic acids is 1. The van der Waals surface area contributed by atoms with E-state index in [1.807, 2.05) is 4.68 Å². The molecule has 26 heavy (non-hydrogen) atoms. The molecule has 1 atom stereocenters. The monoisotopic (exact) mass is 376 g/mol. The lowest BCUT2D eigenvalue weighted by molar-refractivity contribution is 0.0944. The summed E-state index contributed by atoms with van der Waals surface area (Å²) in [6, 6.07) is 8.72. The number of benzene rings is 1. The first-order chi connectivity index (χ1) is 12.1. The number of hydrogen-bond donors (Lipinski definition) is 2. The molecule has 0 bridgehead atoms. The Kier molecular flexibility index (Phi) is 7.23. The van der Waals surface area contributed by atoms with Crippen molar-refractivity contribution >= 4 is 18.3 Å². The summed E-state index contributed by atoms with van der Waals surface area (Å²) in [6.45, 7) is 7.80. The van der Waals surface area contributed by atoms with E-state index in [9.17, 15) is 4.79 Å². The maximum Gasteiger partial charge on any atom is 0.272 e. The standard InChI is InChI=1S/C20H28N4O.ClH/c1-4-15-9-11-16(12-10-15)24-18-8-6-7-17(18)19(23-24)20(25)22-13-14(3)21-5-2;/h9-12,14,21H,4-8,13H2,1-3H3,(H,22,25);1H/t14-;/m1./s1. The van der Waals surface area contributed by atoms with Gasteiger partial charge in [0.25, 0.3) is 5.91 Å². The number of halogens is 1. The van der Waals surface area contributed by atoms with E-state index < -0.39 is 0 Å². The van der Waals surface area contributed by atoms with Gasteiger partial charge in [0.05, 0.1) is 5.69 Å². The first-order valence-corrected chi connectivity index (χ1v) is 9.35. The number of aryl methyl sites for hydroxylation is 1. The molecule has 0 saturated carbocycles. The van der Waals surface area contributed by atoms with E-state index in [1.165, 1.54) is 11.3 Å². The first-order valence-electron chi connectivity index (χ1n) is 9.35. The Balaban J connectivity index is 0.00000243. The lowest BCUT2D eigenvalue weighted by Crippen LogP contribution is -2.39. The van der Waals surface area contributed by atoms with Gasteiger partial charge in [0.15, 0.2) is 5.69 Å². The predicted octanol–water partition coefficient (Wildman–Crippen LogP) is 3.07. The molecule has 3 rings (SSSR count). The fourth-order valence-corrected chi connectivity index (χ4v) is 3.46. The van der Waals surface area contributed by atoms with Gasteiger partial charge in [0.2, 0.25) is 0 Å². The third-order valence-electron chi connectivity index (χ3n) is 4.86. The van der Waals surface area contributed by atoms with E-state index in [-0.39, 0.29) is 24.4 Å². The van der Waals surface area contributed by atoms with E-state index in [1.54, 1.807) is 0 Å². The second-order valence-electron chi connectivity index (χ2n) is 6.73. The van der Waals surface area contributed by atoms with Gasteiger partial charge in [-0.2, -0.15) is 5.10 Å². The Morgan fingerprint density at radius 2 is 1.96 bits per heavy atom. The van der Waals surface area contributed by atoms with Gasteiger partial charge in [0.1, 0.15) is 0 Å². The van der Waals surface area contributed by atoms with Crippen molar-refractivity contribution in [3.63, 3.8) is 0 Å². The van der Waals surface area contributed by atoms with E-state index >= 15 is 0 Å². The fraction of sp³-hybridized carbons (Fsp3) is 0.500. The predicted molar refractivity (Wildman–Crippen MR) is 108 cm³/mol. The van der Waals surface area contributed by atoms with Crippen molar-refractivity contribution in [3.05, 3.63) is 46.8 Å². The highest BCUT2D eigenvalue weighted by atomic mass is 35.5. The van der Waals surface area contributed by atoms with Crippen molar-refractivity contribution in [3.8, 4) is 5.69 Å². The van der Waals surface area contributed by atoms with Crippen LogP contribution in [-0.4, -0.2) is 34.8 Å². The minimum atomic E-state index is -0.0631. The molecule has 142 valence electrons. The number of likely N-dealkylation sites (N-methyl/N-ethyl adjacent to an activating group) is 1. The maximum absolute atomic E-state index is 12.6. The molecular weight excluding hydrogens is 348 g/mol. The molecular formula is C20H29ClN4O. The Labute approximate surface area is 162 Å². The molecule has 1 amide bonds. The quantitative estimate of drug-likeness (QED) is 0.780. The van der Waals surface area contributed by atoms with E-state index in [4.69, 9.17) is 0 Å². The molecule has 1 heterocycles. The van der Waals surface area contributed by atoms with E-state index in [2.05, 4.69) is 60.8 Å². The molecule has 6 heteroatoms. The van der Waals surface area contributed by atoms with Gasteiger partial charge in [0, 0.05) is 23.8 Å². The van der Waals surface area contributed by atoms with Crippen molar-refractivity contribution < 1.29 is 4.79 Å². The first kappa shape index (κ1) is 20.5. The van der Waals surface area contributed by atoms with Gasteiger partial charge < -0.3 is 10.6 Å². The highest BCUT2D eigenvalue weighted by Gasteiger charge is 2.26. The van der Waals surface area contributed by atoms with E-state index in [0.717, 1.165) is 43.5 Å². The minimum Gasteiger partial charge on any atom is -0.349 e. The molecule has 5 nitrogen and oxygen atoms in total. The van der Waals surface area contributed by atoms with Gasteiger partial charge in [-0.1, -0.05) is 26.0 Å². The Morgan fingerprint density at radius 1 is 1.23 bits per heavy atom. The number of aromatic nitrogens is 2. The van der Waals surface area contributed by atoms with Gasteiger partial charge >= 0.3 is 0 Å². The molecule has 1 aliphatic rings. The number of rotatable bonds is 7. The number of carbonyl (C=O) groups is 1. The topological polar surface area (TPSA) is 58.9 Å². The number of nitrogens with zero attached hydrogens (tertiary/aromatic N) is 2. The Bertz CT molecular complexity index is 739. The number of fused-ring (bicyclic) bond motifs is 1. The smallest absolute Gasteiger partial charge is 0.272 e. The molecule has 0 radical (unpaired) electrons. The van der Waals surface area contributed by atoms with Gasteiger partial charge in [-0.3, -0.25) is 4.79 Å². The van der Waals surface area contributed by atoms with Crippen molar-refractivity contribution in [2.24, 2.45) is 0 Å². The summed E-state index contributed by atoms with van der Waals surface area (Å²) in [6.07, 6.45) is 4.04. The summed E-state index contributed by atoms with van der Waals surface area (Å²) in [5.41, 5.74) is 5.25. The zero-order chi connectivity index (χ0) is 17.8. The van der Waals surface area contributed by atoms with Crippen molar-refractivity contribution in [2.45, 2.75) is 52.5 Å². The van der Waals surface area contributed by atoms with Crippen LogP contribution in [0.3, 0.4) is 0 Å². The highest BCUT2D eigenvalue weighted by molar-refractivity contribution is 5.94. The van der Waals surface area contributed by atoms with Crippen molar-refractivity contribution in [1.29, 1.82) is 0 Å². The van der Waals surface area contributed by atoms with E-state index in [0.29, 0.717) is 12.2 Å². The number of amides is 1. The van der Waals surface area contributed by atoms with Crippen molar-refractivity contribution in [1.82, 2.24) is 20.4 Å². The normalized spacial score (nSPS) is 13.8. The number of hydrogen-bond acceptors (Lipinski definition) is 3. The van der Waals surface area contributed by atoms with Crippen LogP contribution in [0.4, 0.5) is 0 Å². The molecule has 0 fully saturated rings.